The third-order valence-electron chi connectivity index (χ3n) is 5.39. The van der Waals surface area contributed by atoms with E-state index in [0.29, 0.717) is 0 Å². The lowest BCUT2D eigenvalue weighted by molar-refractivity contribution is 0.633. The molecule has 1 aliphatic rings. The third kappa shape index (κ3) is 4.65. The molecule has 29 heavy (non-hydrogen) atoms. The molecule has 0 amide bonds. The van der Waals surface area contributed by atoms with Crippen LogP contribution in [0, 0.1) is 6.92 Å². The van der Waals surface area contributed by atoms with E-state index in [0.717, 1.165) is 51.0 Å². The number of aromatic nitrogens is 3. The normalized spacial score (nSPS) is 14.1. The fourth-order valence-electron chi connectivity index (χ4n) is 3.72. The number of anilines is 3. The number of hydrogen-bond acceptors (Lipinski definition) is 6. The van der Waals surface area contributed by atoms with E-state index >= 15 is 0 Å². The van der Waals surface area contributed by atoms with Gasteiger partial charge in [0, 0.05) is 45.0 Å². The highest BCUT2D eigenvalue weighted by Gasteiger charge is 2.20. The maximum Gasteiger partial charge on any atom is 0.247 e. The Kier molecular flexibility index (Phi) is 5.89. The van der Waals surface area contributed by atoms with Crippen molar-refractivity contribution in [3.63, 3.8) is 0 Å². The van der Waals surface area contributed by atoms with Crippen LogP contribution >= 0.6 is 0 Å². The molecule has 0 N–H and O–H groups in total. The van der Waals surface area contributed by atoms with Crippen LogP contribution in [0.1, 0.15) is 18.1 Å². The lowest BCUT2D eigenvalue weighted by atomic mass is 10.2. The van der Waals surface area contributed by atoms with Crippen LogP contribution in [0.15, 0.2) is 60.8 Å². The number of piperazine rings is 1. The van der Waals surface area contributed by atoms with Crippen molar-refractivity contribution >= 4 is 17.5 Å². The fourth-order valence-corrected chi connectivity index (χ4v) is 3.72. The minimum atomic E-state index is 0.720. The van der Waals surface area contributed by atoms with Gasteiger partial charge in [-0.05, 0) is 37.1 Å². The third-order valence-corrected chi connectivity index (χ3v) is 5.39. The molecule has 3 aromatic rings. The van der Waals surface area contributed by atoms with Crippen molar-refractivity contribution in [2.45, 2.75) is 20.4 Å². The Labute approximate surface area is 172 Å². The summed E-state index contributed by atoms with van der Waals surface area (Å²) in [5.74, 6) is 1.60. The summed E-state index contributed by atoms with van der Waals surface area (Å²) in [6.07, 6.45) is 1.76. The molecule has 150 valence electrons. The minimum absolute atomic E-state index is 0.720. The molecule has 0 aliphatic carbocycles. The second-order valence-electron chi connectivity index (χ2n) is 7.43. The molecule has 0 radical (unpaired) electrons. The number of rotatable bonds is 6. The van der Waals surface area contributed by atoms with E-state index in [-0.39, 0.29) is 0 Å². The summed E-state index contributed by atoms with van der Waals surface area (Å²) in [5.41, 5.74) is 3.85. The van der Waals surface area contributed by atoms with Crippen molar-refractivity contribution < 1.29 is 0 Å². The average Bonchev–Trinajstić information content (AvgIpc) is 2.78. The number of benzene rings is 2. The first-order chi connectivity index (χ1) is 14.2. The average molecular weight is 389 g/mol. The standard InChI is InChI=1S/C23H28N6/c1-3-27(18-20-9-5-4-6-10-20)22-17-24-26-23(25-22)29-14-12-28(13-15-29)21-11-7-8-19(2)16-21/h4-11,16-17H,3,12-15,18H2,1-2H3. The maximum atomic E-state index is 4.84. The first-order valence-electron chi connectivity index (χ1n) is 10.3. The Morgan fingerprint density at radius 3 is 2.41 bits per heavy atom. The van der Waals surface area contributed by atoms with Crippen molar-refractivity contribution in [3.05, 3.63) is 71.9 Å². The van der Waals surface area contributed by atoms with Gasteiger partial charge in [0.25, 0.3) is 0 Å². The van der Waals surface area contributed by atoms with Gasteiger partial charge in [0.1, 0.15) is 0 Å². The van der Waals surface area contributed by atoms with Gasteiger partial charge in [-0.1, -0.05) is 42.5 Å². The zero-order chi connectivity index (χ0) is 20.1. The van der Waals surface area contributed by atoms with Crippen LogP contribution < -0.4 is 14.7 Å². The van der Waals surface area contributed by atoms with Crippen molar-refractivity contribution in [3.8, 4) is 0 Å². The second-order valence-corrected chi connectivity index (χ2v) is 7.43. The van der Waals surface area contributed by atoms with Crippen LogP contribution in [0.25, 0.3) is 0 Å². The lowest BCUT2D eigenvalue weighted by Gasteiger charge is -2.36. The van der Waals surface area contributed by atoms with E-state index in [2.05, 4.69) is 87.3 Å². The molecule has 1 saturated heterocycles. The summed E-state index contributed by atoms with van der Waals surface area (Å²) in [6.45, 7) is 9.67. The monoisotopic (exact) mass is 388 g/mol. The highest BCUT2D eigenvalue weighted by atomic mass is 15.4. The second kappa shape index (κ2) is 8.90. The molecule has 1 aromatic heterocycles. The SMILES string of the molecule is CCN(Cc1ccccc1)c1cnnc(N2CCN(c3cccc(C)c3)CC2)n1. The van der Waals surface area contributed by atoms with Gasteiger partial charge in [-0.3, -0.25) is 0 Å². The lowest BCUT2D eigenvalue weighted by Crippen LogP contribution is -2.47. The number of hydrogen-bond donors (Lipinski definition) is 0. The number of aryl methyl sites for hydroxylation is 1. The molecule has 4 rings (SSSR count). The van der Waals surface area contributed by atoms with Gasteiger partial charge in [0.05, 0.1) is 6.20 Å². The highest BCUT2D eigenvalue weighted by Crippen LogP contribution is 2.21. The molecular weight excluding hydrogens is 360 g/mol. The van der Waals surface area contributed by atoms with Gasteiger partial charge < -0.3 is 14.7 Å². The molecule has 2 heterocycles. The van der Waals surface area contributed by atoms with Crippen molar-refractivity contribution in [2.75, 3.05) is 47.4 Å². The molecule has 1 aliphatic heterocycles. The first kappa shape index (κ1) is 19.2. The Morgan fingerprint density at radius 2 is 1.69 bits per heavy atom. The van der Waals surface area contributed by atoms with Crippen LogP contribution in [0.4, 0.5) is 17.5 Å². The van der Waals surface area contributed by atoms with Crippen LogP contribution in [-0.4, -0.2) is 47.9 Å². The smallest absolute Gasteiger partial charge is 0.247 e. The first-order valence-corrected chi connectivity index (χ1v) is 10.3. The van der Waals surface area contributed by atoms with Crippen molar-refractivity contribution in [2.24, 2.45) is 0 Å². The summed E-state index contributed by atoms with van der Waals surface area (Å²) in [7, 11) is 0. The van der Waals surface area contributed by atoms with E-state index in [4.69, 9.17) is 4.98 Å². The molecule has 0 saturated carbocycles. The molecule has 0 unspecified atom stereocenters. The maximum absolute atomic E-state index is 4.84. The summed E-state index contributed by atoms with van der Waals surface area (Å²) < 4.78 is 0. The summed E-state index contributed by atoms with van der Waals surface area (Å²) >= 11 is 0. The van der Waals surface area contributed by atoms with Crippen LogP contribution in [0.2, 0.25) is 0 Å². The number of nitrogens with zero attached hydrogens (tertiary/aromatic N) is 6. The van der Waals surface area contributed by atoms with Crippen LogP contribution in [0.3, 0.4) is 0 Å². The Balaban J connectivity index is 1.43. The molecule has 0 bridgehead atoms. The molecule has 6 nitrogen and oxygen atoms in total. The van der Waals surface area contributed by atoms with E-state index < -0.39 is 0 Å². The van der Waals surface area contributed by atoms with Gasteiger partial charge in [-0.2, -0.15) is 10.1 Å². The van der Waals surface area contributed by atoms with Gasteiger partial charge in [-0.25, -0.2) is 0 Å². The van der Waals surface area contributed by atoms with E-state index in [1.54, 1.807) is 6.20 Å². The molecule has 6 heteroatoms. The summed E-state index contributed by atoms with van der Waals surface area (Å²) in [5, 5.41) is 8.57. The van der Waals surface area contributed by atoms with Crippen molar-refractivity contribution in [1.29, 1.82) is 0 Å². The molecule has 2 aromatic carbocycles. The summed E-state index contributed by atoms with van der Waals surface area (Å²) in [4.78, 5) is 11.7. The van der Waals surface area contributed by atoms with Gasteiger partial charge in [-0.15, -0.1) is 5.10 Å². The molecule has 0 atom stereocenters. The Hall–Kier alpha value is -3.15. The molecule has 0 spiro atoms. The van der Waals surface area contributed by atoms with Gasteiger partial charge in [0.15, 0.2) is 5.82 Å². The van der Waals surface area contributed by atoms with Crippen molar-refractivity contribution in [1.82, 2.24) is 15.2 Å². The Morgan fingerprint density at radius 1 is 0.931 bits per heavy atom. The highest BCUT2D eigenvalue weighted by molar-refractivity contribution is 5.50. The van der Waals surface area contributed by atoms with Crippen LogP contribution in [0.5, 0.6) is 0 Å². The predicted octanol–water partition coefficient (Wildman–Crippen LogP) is 3.53. The fraction of sp³-hybridized carbons (Fsp3) is 0.348. The summed E-state index contributed by atoms with van der Waals surface area (Å²) in [6, 6.07) is 19.2. The zero-order valence-electron chi connectivity index (χ0n) is 17.2. The topological polar surface area (TPSA) is 48.4 Å². The zero-order valence-corrected chi connectivity index (χ0v) is 17.2. The van der Waals surface area contributed by atoms with Gasteiger partial charge >= 0.3 is 0 Å². The van der Waals surface area contributed by atoms with E-state index in [9.17, 15) is 0 Å². The molecule has 1 fully saturated rings. The minimum Gasteiger partial charge on any atom is -0.368 e. The predicted molar refractivity (Wildman–Crippen MR) is 119 cm³/mol. The largest absolute Gasteiger partial charge is 0.368 e. The van der Waals surface area contributed by atoms with Crippen LogP contribution in [-0.2, 0) is 6.54 Å². The van der Waals surface area contributed by atoms with Gasteiger partial charge in [0.2, 0.25) is 5.95 Å². The molecular formula is C23H28N6. The van der Waals surface area contributed by atoms with E-state index in [1.807, 2.05) is 6.07 Å². The Bertz CT molecular complexity index is 921. The quantitative estimate of drug-likeness (QED) is 0.644. The van der Waals surface area contributed by atoms with E-state index in [1.165, 1.54) is 16.8 Å².